The van der Waals surface area contributed by atoms with Crippen LogP contribution in [0.15, 0.2) is 24.3 Å². The Labute approximate surface area is 168 Å². The summed E-state index contributed by atoms with van der Waals surface area (Å²) in [6, 6.07) is 7.61. The van der Waals surface area contributed by atoms with Crippen molar-refractivity contribution in [1.29, 1.82) is 0 Å². The third-order valence-corrected chi connectivity index (χ3v) is 5.90. The van der Waals surface area contributed by atoms with E-state index in [9.17, 15) is 9.59 Å². The lowest BCUT2D eigenvalue weighted by Gasteiger charge is -2.10. The van der Waals surface area contributed by atoms with E-state index in [2.05, 4.69) is 27.8 Å². The second-order valence-corrected chi connectivity index (χ2v) is 8.71. The van der Waals surface area contributed by atoms with E-state index in [0.29, 0.717) is 5.13 Å². The molecule has 2 amide bonds. The molecule has 1 heterocycles. The summed E-state index contributed by atoms with van der Waals surface area (Å²) in [5, 5.41) is 14.8. The number of carbonyl (C=O) groups is 2. The van der Waals surface area contributed by atoms with Gasteiger partial charge in [0, 0.05) is 12.1 Å². The number of hydrogen-bond acceptors (Lipinski definition) is 6. The second kappa shape index (κ2) is 11.0. The Morgan fingerprint density at radius 2 is 1.89 bits per heavy atom. The Bertz CT molecular complexity index is 746. The van der Waals surface area contributed by atoms with E-state index in [0.717, 1.165) is 35.5 Å². The quantitative estimate of drug-likeness (QED) is 0.576. The fraction of sp³-hybridized carbons (Fsp3) is 0.474. The highest BCUT2D eigenvalue weighted by atomic mass is 32.2. The van der Waals surface area contributed by atoms with Crippen LogP contribution in [0.1, 0.15) is 43.7 Å². The van der Waals surface area contributed by atoms with Gasteiger partial charge in [0.1, 0.15) is 5.01 Å². The highest BCUT2D eigenvalue weighted by Gasteiger charge is 2.17. The van der Waals surface area contributed by atoms with Crippen LogP contribution in [0.3, 0.4) is 0 Å². The van der Waals surface area contributed by atoms with Crippen LogP contribution in [0, 0.1) is 6.92 Å². The van der Waals surface area contributed by atoms with Gasteiger partial charge in [0.05, 0.1) is 11.0 Å². The number of benzene rings is 1. The van der Waals surface area contributed by atoms with Crippen LogP contribution in [-0.4, -0.2) is 33.0 Å². The average Bonchev–Trinajstić information content (AvgIpc) is 3.09. The molecule has 0 aliphatic carbocycles. The molecule has 0 bridgehead atoms. The van der Waals surface area contributed by atoms with E-state index in [1.807, 2.05) is 31.2 Å². The van der Waals surface area contributed by atoms with Crippen molar-refractivity contribution in [2.75, 3.05) is 16.4 Å². The molecule has 27 heavy (non-hydrogen) atoms. The Morgan fingerprint density at radius 1 is 1.15 bits per heavy atom. The van der Waals surface area contributed by atoms with E-state index in [4.69, 9.17) is 0 Å². The van der Waals surface area contributed by atoms with Crippen molar-refractivity contribution in [2.24, 2.45) is 0 Å². The fourth-order valence-corrected chi connectivity index (χ4v) is 3.72. The summed E-state index contributed by atoms with van der Waals surface area (Å²) in [5.74, 6) is -0.0852. The number of hydrogen-bond donors (Lipinski definition) is 2. The van der Waals surface area contributed by atoms with Crippen molar-refractivity contribution in [1.82, 2.24) is 10.2 Å². The highest BCUT2D eigenvalue weighted by Crippen LogP contribution is 2.20. The van der Waals surface area contributed by atoms with E-state index in [1.54, 1.807) is 6.92 Å². The van der Waals surface area contributed by atoms with Crippen LogP contribution in [0.5, 0.6) is 0 Å². The molecule has 0 spiro atoms. The molecule has 0 saturated carbocycles. The number of unbranched alkanes of at least 4 members (excludes halogenated alkanes) is 2. The first-order chi connectivity index (χ1) is 13.0. The minimum absolute atomic E-state index is 0.127. The lowest BCUT2D eigenvalue weighted by Crippen LogP contribution is -2.25. The Balaban J connectivity index is 1.73. The van der Waals surface area contributed by atoms with Crippen LogP contribution >= 0.6 is 23.1 Å². The van der Waals surface area contributed by atoms with Crippen molar-refractivity contribution < 1.29 is 9.59 Å². The van der Waals surface area contributed by atoms with Crippen LogP contribution in [-0.2, 0) is 16.0 Å². The zero-order chi connectivity index (χ0) is 19.6. The molecule has 2 N–H and O–H groups in total. The van der Waals surface area contributed by atoms with Gasteiger partial charge in [-0.3, -0.25) is 14.9 Å². The van der Waals surface area contributed by atoms with Gasteiger partial charge in [0.15, 0.2) is 0 Å². The maximum Gasteiger partial charge on any atom is 0.239 e. The monoisotopic (exact) mass is 406 g/mol. The first-order valence-electron chi connectivity index (χ1n) is 9.09. The SMILES string of the molecule is CCCCCc1nnc(NC(=O)C(C)SCC(=O)Nc2ccc(C)cc2)s1. The number of rotatable bonds is 10. The standard InChI is InChI=1S/C19H26N4O2S2/c1-4-5-6-7-17-22-23-19(27-17)21-18(25)14(3)26-12-16(24)20-15-10-8-13(2)9-11-15/h8-11,14H,4-7,12H2,1-3H3,(H,20,24)(H,21,23,25). The molecule has 1 atom stereocenters. The summed E-state index contributed by atoms with van der Waals surface area (Å²) < 4.78 is 0. The second-order valence-electron chi connectivity index (χ2n) is 6.31. The van der Waals surface area contributed by atoms with Crippen molar-refractivity contribution in [2.45, 2.75) is 51.7 Å². The van der Waals surface area contributed by atoms with Crippen molar-refractivity contribution >= 4 is 45.7 Å². The van der Waals surface area contributed by atoms with Gasteiger partial charge in [-0.15, -0.1) is 22.0 Å². The summed E-state index contributed by atoms with van der Waals surface area (Å²) in [4.78, 5) is 24.3. The molecule has 0 aliphatic rings. The normalized spacial score (nSPS) is 11.8. The Kier molecular flexibility index (Phi) is 8.74. The summed E-state index contributed by atoms with van der Waals surface area (Å²) in [6.45, 7) is 5.93. The van der Waals surface area contributed by atoms with Gasteiger partial charge in [0.2, 0.25) is 16.9 Å². The number of anilines is 2. The topological polar surface area (TPSA) is 84.0 Å². The number of amides is 2. The lowest BCUT2D eigenvalue weighted by atomic mass is 10.2. The maximum atomic E-state index is 12.3. The molecule has 0 saturated heterocycles. The summed E-state index contributed by atoms with van der Waals surface area (Å²) in [7, 11) is 0. The molecule has 146 valence electrons. The fourth-order valence-electron chi connectivity index (χ4n) is 2.25. The third-order valence-electron chi connectivity index (χ3n) is 3.86. The van der Waals surface area contributed by atoms with Gasteiger partial charge in [-0.1, -0.05) is 48.8 Å². The number of nitrogens with zero attached hydrogens (tertiary/aromatic N) is 2. The zero-order valence-corrected chi connectivity index (χ0v) is 17.6. The number of nitrogens with one attached hydrogen (secondary N) is 2. The molecule has 6 nitrogen and oxygen atoms in total. The first-order valence-corrected chi connectivity index (χ1v) is 11.0. The van der Waals surface area contributed by atoms with Crippen LogP contribution in [0.2, 0.25) is 0 Å². The average molecular weight is 407 g/mol. The van der Waals surface area contributed by atoms with Crippen molar-refractivity contribution in [3.63, 3.8) is 0 Å². The molecule has 1 aromatic carbocycles. The minimum Gasteiger partial charge on any atom is -0.325 e. The number of carbonyl (C=O) groups excluding carboxylic acids is 2. The molecule has 8 heteroatoms. The Morgan fingerprint density at radius 3 is 2.59 bits per heavy atom. The molecule has 2 rings (SSSR count). The number of aromatic nitrogens is 2. The molecule has 0 fully saturated rings. The highest BCUT2D eigenvalue weighted by molar-refractivity contribution is 8.01. The maximum absolute atomic E-state index is 12.3. The van der Waals surface area contributed by atoms with Crippen LogP contribution < -0.4 is 10.6 Å². The molecule has 1 aromatic heterocycles. The predicted octanol–water partition coefficient (Wildman–Crippen LogP) is 4.28. The van der Waals surface area contributed by atoms with E-state index < -0.39 is 0 Å². The minimum atomic E-state index is -0.360. The Hall–Kier alpha value is -1.93. The number of thioether (sulfide) groups is 1. The van der Waals surface area contributed by atoms with Gasteiger partial charge >= 0.3 is 0 Å². The summed E-state index contributed by atoms with van der Waals surface area (Å²) in [6.07, 6.45) is 4.31. The summed E-state index contributed by atoms with van der Waals surface area (Å²) in [5.41, 5.74) is 1.89. The molecular weight excluding hydrogens is 380 g/mol. The molecule has 0 radical (unpaired) electrons. The van der Waals surface area contributed by atoms with Gasteiger partial charge in [-0.05, 0) is 32.4 Å². The van der Waals surface area contributed by atoms with Gasteiger partial charge in [-0.2, -0.15) is 0 Å². The third kappa shape index (κ3) is 7.68. The first kappa shape index (κ1) is 21.4. The van der Waals surface area contributed by atoms with E-state index >= 15 is 0 Å². The zero-order valence-electron chi connectivity index (χ0n) is 15.9. The van der Waals surface area contributed by atoms with Gasteiger partial charge < -0.3 is 5.32 Å². The predicted molar refractivity (Wildman–Crippen MR) is 113 cm³/mol. The molecule has 1 unspecified atom stereocenters. The van der Waals surface area contributed by atoms with Gasteiger partial charge in [0.25, 0.3) is 0 Å². The largest absolute Gasteiger partial charge is 0.325 e. The van der Waals surface area contributed by atoms with E-state index in [1.165, 1.54) is 29.5 Å². The molecule has 2 aromatic rings. The molecule has 0 aliphatic heterocycles. The lowest BCUT2D eigenvalue weighted by molar-refractivity contribution is -0.115. The number of aryl methyl sites for hydroxylation is 2. The van der Waals surface area contributed by atoms with Crippen molar-refractivity contribution in [3.05, 3.63) is 34.8 Å². The van der Waals surface area contributed by atoms with Crippen LogP contribution in [0.4, 0.5) is 10.8 Å². The molecular formula is C19H26N4O2S2. The van der Waals surface area contributed by atoms with Crippen LogP contribution in [0.25, 0.3) is 0 Å². The van der Waals surface area contributed by atoms with E-state index in [-0.39, 0.29) is 22.8 Å². The van der Waals surface area contributed by atoms with Crippen molar-refractivity contribution in [3.8, 4) is 0 Å². The van der Waals surface area contributed by atoms with Gasteiger partial charge in [-0.25, -0.2) is 0 Å². The summed E-state index contributed by atoms with van der Waals surface area (Å²) >= 11 is 2.70. The smallest absolute Gasteiger partial charge is 0.239 e.